The highest BCUT2D eigenvalue weighted by Gasteiger charge is 2.20. The number of fused-ring (bicyclic) bond motifs is 10. The van der Waals surface area contributed by atoms with Crippen LogP contribution in [0.25, 0.3) is 110 Å². The molecule has 2 heteroatoms. The lowest BCUT2D eigenvalue weighted by atomic mass is 9.84. The van der Waals surface area contributed by atoms with E-state index in [-0.39, 0.29) is 0 Å². The number of para-hydroxylation sites is 1. The predicted octanol–water partition coefficient (Wildman–Crippen LogP) is 13.9. The first kappa shape index (κ1) is 27.3. The van der Waals surface area contributed by atoms with Gasteiger partial charge in [0.2, 0.25) is 0 Å². The van der Waals surface area contributed by atoms with Gasteiger partial charge < -0.3 is 8.83 Å². The summed E-state index contributed by atoms with van der Waals surface area (Å²) in [5, 5.41) is 11.8. The van der Waals surface area contributed by atoms with Gasteiger partial charge in [-0.15, -0.1) is 0 Å². The monoisotopic (exact) mass is 636 g/mol. The lowest BCUT2D eigenvalue weighted by Crippen LogP contribution is -1.92. The Morgan fingerprint density at radius 1 is 0.280 bits per heavy atom. The van der Waals surface area contributed by atoms with Crippen LogP contribution in [0.4, 0.5) is 0 Å². The third-order valence-electron chi connectivity index (χ3n) is 10.5. The highest BCUT2D eigenvalue weighted by molar-refractivity contribution is 6.25. The van der Waals surface area contributed by atoms with Gasteiger partial charge in [-0.25, -0.2) is 0 Å². The molecule has 0 aliphatic rings. The summed E-state index contributed by atoms with van der Waals surface area (Å²) < 4.78 is 12.8. The molecule has 11 rings (SSSR count). The third kappa shape index (κ3) is 3.85. The minimum atomic E-state index is 0.835. The van der Waals surface area contributed by atoms with Crippen LogP contribution in [0.1, 0.15) is 0 Å². The van der Waals surface area contributed by atoms with Gasteiger partial charge in [0.1, 0.15) is 22.3 Å². The topological polar surface area (TPSA) is 26.3 Å². The first-order valence-corrected chi connectivity index (χ1v) is 17.1. The fraction of sp³-hybridized carbons (Fsp3) is 0. The molecule has 0 spiro atoms. The van der Waals surface area contributed by atoms with Gasteiger partial charge in [-0.2, -0.15) is 0 Å². The van der Waals surface area contributed by atoms with Crippen LogP contribution < -0.4 is 0 Å². The second-order valence-corrected chi connectivity index (χ2v) is 13.1. The van der Waals surface area contributed by atoms with Gasteiger partial charge in [0.05, 0.1) is 5.39 Å². The Labute approximate surface area is 287 Å². The molecule has 11 aromatic rings. The highest BCUT2D eigenvalue weighted by Crippen LogP contribution is 2.47. The quantitative estimate of drug-likeness (QED) is 0.180. The van der Waals surface area contributed by atoms with Crippen molar-refractivity contribution in [2.45, 2.75) is 0 Å². The molecule has 0 fully saturated rings. The number of furan rings is 2. The molecule has 50 heavy (non-hydrogen) atoms. The summed E-state index contributed by atoms with van der Waals surface area (Å²) in [5.74, 6) is 0. The minimum Gasteiger partial charge on any atom is -0.456 e. The van der Waals surface area contributed by atoms with Gasteiger partial charge in [-0.3, -0.25) is 0 Å². The molecule has 0 saturated heterocycles. The fourth-order valence-electron chi connectivity index (χ4n) is 8.31. The Morgan fingerprint density at radius 3 is 1.54 bits per heavy atom. The summed E-state index contributed by atoms with van der Waals surface area (Å²) in [6.07, 6.45) is 0. The van der Waals surface area contributed by atoms with Crippen molar-refractivity contribution in [2.24, 2.45) is 0 Å². The lowest BCUT2D eigenvalue weighted by Gasteiger charge is -2.19. The van der Waals surface area contributed by atoms with E-state index in [1.54, 1.807) is 0 Å². The smallest absolute Gasteiger partial charge is 0.147 e. The van der Waals surface area contributed by atoms with E-state index in [9.17, 15) is 0 Å². The first-order chi connectivity index (χ1) is 24.8. The van der Waals surface area contributed by atoms with Crippen molar-refractivity contribution in [3.05, 3.63) is 170 Å². The Kier molecular flexibility index (Phi) is 5.70. The summed E-state index contributed by atoms with van der Waals surface area (Å²) in [7, 11) is 0. The van der Waals surface area contributed by atoms with Crippen LogP contribution in [-0.2, 0) is 0 Å². The molecule has 0 bridgehead atoms. The van der Waals surface area contributed by atoms with Crippen LogP contribution in [0.2, 0.25) is 0 Å². The molecular weight excluding hydrogens is 609 g/mol. The molecule has 0 aliphatic heterocycles. The Balaban J connectivity index is 1.17. The average molecular weight is 637 g/mol. The van der Waals surface area contributed by atoms with Crippen molar-refractivity contribution in [2.75, 3.05) is 0 Å². The van der Waals surface area contributed by atoms with Crippen molar-refractivity contribution in [3.63, 3.8) is 0 Å². The maximum absolute atomic E-state index is 6.46. The molecule has 2 aromatic heterocycles. The molecule has 0 atom stereocenters. The summed E-state index contributed by atoms with van der Waals surface area (Å²) >= 11 is 0. The largest absolute Gasteiger partial charge is 0.456 e. The second-order valence-electron chi connectivity index (χ2n) is 13.1. The molecule has 9 aromatic carbocycles. The summed E-state index contributed by atoms with van der Waals surface area (Å²) in [4.78, 5) is 0. The molecule has 2 nitrogen and oxygen atoms in total. The van der Waals surface area contributed by atoms with Crippen LogP contribution in [0.5, 0.6) is 0 Å². The van der Waals surface area contributed by atoms with Gasteiger partial charge in [0.15, 0.2) is 0 Å². The second kappa shape index (κ2) is 10.4. The van der Waals surface area contributed by atoms with Crippen LogP contribution in [0.3, 0.4) is 0 Å². The van der Waals surface area contributed by atoms with E-state index >= 15 is 0 Å². The van der Waals surface area contributed by atoms with E-state index in [4.69, 9.17) is 8.83 Å². The van der Waals surface area contributed by atoms with Crippen molar-refractivity contribution in [1.29, 1.82) is 0 Å². The van der Waals surface area contributed by atoms with Crippen molar-refractivity contribution in [1.82, 2.24) is 0 Å². The molecule has 0 saturated carbocycles. The van der Waals surface area contributed by atoms with Crippen LogP contribution in [-0.4, -0.2) is 0 Å². The van der Waals surface area contributed by atoms with E-state index in [1.807, 2.05) is 12.1 Å². The maximum Gasteiger partial charge on any atom is 0.147 e. The number of rotatable bonds is 3. The van der Waals surface area contributed by atoms with Crippen molar-refractivity contribution < 1.29 is 8.83 Å². The SMILES string of the molecule is c1ccc(-c2c3ccccc3c(-c3ccc(-c4ccc5oc6ccc7c8ccccc8oc7c6c5c4)c4ccccc34)c3ccccc23)cc1. The maximum atomic E-state index is 6.46. The number of benzene rings is 9. The highest BCUT2D eigenvalue weighted by atomic mass is 16.3. The molecule has 0 N–H and O–H groups in total. The van der Waals surface area contributed by atoms with Gasteiger partial charge in [-0.05, 0) is 96.0 Å². The molecule has 0 aliphatic carbocycles. The third-order valence-corrected chi connectivity index (χ3v) is 10.5. The van der Waals surface area contributed by atoms with E-state index in [0.717, 1.165) is 49.4 Å². The van der Waals surface area contributed by atoms with E-state index in [1.165, 1.54) is 60.1 Å². The van der Waals surface area contributed by atoms with Gasteiger partial charge in [0.25, 0.3) is 0 Å². The molecule has 0 amide bonds. The zero-order chi connectivity index (χ0) is 32.8. The Bertz CT molecular complexity index is 3080. The van der Waals surface area contributed by atoms with Gasteiger partial charge in [0, 0.05) is 16.2 Å². The molecule has 0 unspecified atom stereocenters. The van der Waals surface area contributed by atoms with E-state index in [2.05, 4.69) is 158 Å². The van der Waals surface area contributed by atoms with E-state index < -0.39 is 0 Å². The van der Waals surface area contributed by atoms with Crippen molar-refractivity contribution >= 4 is 76.2 Å². The summed E-state index contributed by atoms with van der Waals surface area (Å²) in [5.41, 5.74) is 10.8. The molecular formula is C48H28O2. The molecule has 2 heterocycles. The van der Waals surface area contributed by atoms with Gasteiger partial charge in [-0.1, -0.05) is 140 Å². The van der Waals surface area contributed by atoms with Crippen LogP contribution in [0, 0.1) is 0 Å². The van der Waals surface area contributed by atoms with Crippen LogP contribution in [0.15, 0.2) is 179 Å². The molecule has 232 valence electrons. The Morgan fingerprint density at radius 2 is 0.820 bits per heavy atom. The number of hydrogen-bond acceptors (Lipinski definition) is 2. The average Bonchev–Trinajstić information content (AvgIpc) is 3.75. The van der Waals surface area contributed by atoms with Gasteiger partial charge >= 0.3 is 0 Å². The zero-order valence-electron chi connectivity index (χ0n) is 27.0. The molecule has 0 radical (unpaired) electrons. The Hall–Kier alpha value is -6.64. The zero-order valence-corrected chi connectivity index (χ0v) is 27.0. The number of hydrogen-bond donors (Lipinski definition) is 0. The van der Waals surface area contributed by atoms with Crippen LogP contribution >= 0.6 is 0 Å². The standard InChI is InChI=1S/C48H28O2/c1-2-12-29(13-3-1)45-35-17-6-8-19-37(35)46(38-20-9-7-18-36(38)45)39-24-23-31(32-14-4-5-15-33(32)39)30-22-26-43-41(28-30)47-44(49-43)27-25-40-34-16-10-11-21-42(34)50-48(40)47/h1-28H. The lowest BCUT2D eigenvalue weighted by molar-refractivity contribution is 0.663. The fourth-order valence-corrected chi connectivity index (χ4v) is 8.31. The first-order valence-electron chi connectivity index (χ1n) is 17.1. The summed E-state index contributed by atoms with van der Waals surface area (Å²) in [6.45, 7) is 0. The summed E-state index contributed by atoms with van der Waals surface area (Å²) in [6, 6.07) is 60.9. The minimum absolute atomic E-state index is 0.835. The predicted molar refractivity (Wildman–Crippen MR) is 210 cm³/mol. The van der Waals surface area contributed by atoms with E-state index in [0.29, 0.717) is 0 Å². The van der Waals surface area contributed by atoms with Crippen molar-refractivity contribution in [3.8, 4) is 33.4 Å². The normalized spacial score (nSPS) is 12.0.